The summed E-state index contributed by atoms with van der Waals surface area (Å²) in [6, 6.07) is 7.52. The average Bonchev–Trinajstić information content (AvgIpc) is 2.81. The van der Waals surface area contributed by atoms with Crippen molar-refractivity contribution in [3.63, 3.8) is 0 Å². The van der Waals surface area contributed by atoms with Gasteiger partial charge in [-0.15, -0.1) is 0 Å². The number of rotatable bonds is 5. The van der Waals surface area contributed by atoms with E-state index in [0.717, 1.165) is 25.9 Å². The number of nitrogens with zero attached hydrogens (tertiary/aromatic N) is 1. The van der Waals surface area contributed by atoms with Crippen LogP contribution in [0.4, 0.5) is 4.79 Å². The maximum absolute atomic E-state index is 12.0. The molecule has 2 amide bonds. The molecule has 0 bridgehead atoms. The number of carbonyl (C=O) groups excluding carboxylic acids is 1. The fourth-order valence-electron chi connectivity index (χ4n) is 2.44. The number of urea groups is 1. The predicted molar refractivity (Wildman–Crippen MR) is 81.9 cm³/mol. The number of ether oxygens (including phenoxy) is 2. The monoisotopic (exact) mass is 292 g/mol. The van der Waals surface area contributed by atoms with Crippen molar-refractivity contribution in [3.8, 4) is 11.5 Å². The molecule has 0 aromatic heterocycles. The lowest BCUT2D eigenvalue weighted by Crippen LogP contribution is -2.41. The summed E-state index contributed by atoms with van der Waals surface area (Å²) in [7, 11) is 1.61. The third-order valence-electron chi connectivity index (χ3n) is 3.60. The zero-order valence-corrected chi connectivity index (χ0v) is 12.6. The van der Waals surface area contributed by atoms with Crippen LogP contribution in [0, 0.1) is 0 Å². The number of carbonyl (C=O) groups is 1. The molecule has 0 saturated carbocycles. The molecule has 1 saturated heterocycles. The van der Waals surface area contributed by atoms with Crippen molar-refractivity contribution < 1.29 is 14.3 Å². The van der Waals surface area contributed by atoms with Crippen molar-refractivity contribution in [2.24, 2.45) is 0 Å². The number of amides is 2. The number of hydrogen-bond donors (Lipinski definition) is 1. The lowest BCUT2D eigenvalue weighted by atomic mass is 10.2. The van der Waals surface area contributed by atoms with Crippen LogP contribution in [0.25, 0.3) is 0 Å². The SMILES string of the molecule is COc1ccccc1OCCNC(=O)N1CCCCCC1. The van der Waals surface area contributed by atoms with Crippen molar-refractivity contribution in [3.05, 3.63) is 24.3 Å². The van der Waals surface area contributed by atoms with Crippen LogP contribution in [0.3, 0.4) is 0 Å². The highest BCUT2D eigenvalue weighted by Crippen LogP contribution is 2.25. The van der Waals surface area contributed by atoms with Gasteiger partial charge in [0, 0.05) is 13.1 Å². The van der Waals surface area contributed by atoms with Gasteiger partial charge >= 0.3 is 6.03 Å². The van der Waals surface area contributed by atoms with E-state index in [1.165, 1.54) is 12.8 Å². The van der Waals surface area contributed by atoms with Gasteiger partial charge in [-0.1, -0.05) is 25.0 Å². The molecule has 5 nitrogen and oxygen atoms in total. The Hall–Kier alpha value is -1.91. The summed E-state index contributed by atoms with van der Waals surface area (Å²) in [5, 5.41) is 2.91. The zero-order chi connectivity index (χ0) is 14.9. The highest BCUT2D eigenvalue weighted by molar-refractivity contribution is 5.74. The summed E-state index contributed by atoms with van der Waals surface area (Å²) in [6.45, 7) is 2.64. The summed E-state index contributed by atoms with van der Waals surface area (Å²) in [5.74, 6) is 1.40. The van der Waals surface area contributed by atoms with E-state index in [9.17, 15) is 4.79 Å². The summed E-state index contributed by atoms with van der Waals surface area (Å²) in [4.78, 5) is 13.9. The van der Waals surface area contributed by atoms with E-state index in [0.29, 0.717) is 24.7 Å². The molecule has 5 heteroatoms. The number of methoxy groups -OCH3 is 1. The minimum Gasteiger partial charge on any atom is -0.493 e. The summed E-state index contributed by atoms with van der Waals surface area (Å²) in [6.07, 6.45) is 4.65. The zero-order valence-electron chi connectivity index (χ0n) is 12.6. The van der Waals surface area contributed by atoms with E-state index in [-0.39, 0.29) is 6.03 Å². The molecular weight excluding hydrogens is 268 g/mol. The first kappa shape index (κ1) is 15.5. The Kier molecular flexibility index (Phi) is 6.19. The molecule has 116 valence electrons. The Labute approximate surface area is 126 Å². The van der Waals surface area contributed by atoms with Crippen LogP contribution >= 0.6 is 0 Å². The van der Waals surface area contributed by atoms with Crippen LogP contribution in [0.2, 0.25) is 0 Å². The van der Waals surface area contributed by atoms with E-state index < -0.39 is 0 Å². The molecule has 0 radical (unpaired) electrons. The summed E-state index contributed by atoms with van der Waals surface area (Å²) in [5.41, 5.74) is 0. The minimum absolute atomic E-state index is 0.0144. The Bertz CT molecular complexity index is 443. The van der Waals surface area contributed by atoms with E-state index in [1.807, 2.05) is 29.2 Å². The number of hydrogen-bond acceptors (Lipinski definition) is 3. The first-order valence-corrected chi connectivity index (χ1v) is 7.60. The lowest BCUT2D eigenvalue weighted by molar-refractivity contribution is 0.196. The topological polar surface area (TPSA) is 50.8 Å². The van der Waals surface area contributed by atoms with E-state index in [4.69, 9.17) is 9.47 Å². The van der Waals surface area contributed by atoms with Gasteiger partial charge in [0.2, 0.25) is 0 Å². The Morgan fingerprint density at radius 1 is 1.14 bits per heavy atom. The highest BCUT2D eigenvalue weighted by atomic mass is 16.5. The first-order valence-electron chi connectivity index (χ1n) is 7.60. The third-order valence-corrected chi connectivity index (χ3v) is 3.60. The number of para-hydroxylation sites is 2. The Morgan fingerprint density at radius 2 is 1.81 bits per heavy atom. The summed E-state index contributed by atoms with van der Waals surface area (Å²) < 4.78 is 10.8. The molecule has 0 spiro atoms. The van der Waals surface area contributed by atoms with E-state index in [1.54, 1.807) is 7.11 Å². The molecule has 2 rings (SSSR count). The minimum atomic E-state index is 0.0144. The van der Waals surface area contributed by atoms with Crippen LogP contribution in [-0.4, -0.2) is 44.3 Å². The second-order valence-electron chi connectivity index (χ2n) is 5.13. The molecule has 1 aliphatic rings. The predicted octanol–water partition coefficient (Wildman–Crippen LogP) is 2.66. The van der Waals surface area contributed by atoms with Gasteiger partial charge in [0.15, 0.2) is 11.5 Å². The normalized spacial score (nSPS) is 15.2. The van der Waals surface area contributed by atoms with Crippen molar-refractivity contribution in [2.75, 3.05) is 33.4 Å². The molecule has 21 heavy (non-hydrogen) atoms. The molecule has 0 unspecified atom stereocenters. The average molecular weight is 292 g/mol. The van der Waals surface area contributed by atoms with Gasteiger partial charge in [-0.25, -0.2) is 4.79 Å². The lowest BCUT2D eigenvalue weighted by Gasteiger charge is -2.20. The fourth-order valence-corrected chi connectivity index (χ4v) is 2.44. The highest BCUT2D eigenvalue weighted by Gasteiger charge is 2.14. The molecule has 1 N–H and O–H groups in total. The Morgan fingerprint density at radius 3 is 2.48 bits per heavy atom. The maximum Gasteiger partial charge on any atom is 0.317 e. The molecule has 1 aromatic rings. The van der Waals surface area contributed by atoms with Crippen molar-refractivity contribution >= 4 is 6.03 Å². The van der Waals surface area contributed by atoms with Crippen LogP contribution in [0.15, 0.2) is 24.3 Å². The smallest absolute Gasteiger partial charge is 0.317 e. The maximum atomic E-state index is 12.0. The van der Waals surface area contributed by atoms with Crippen molar-refractivity contribution in [1.82, 2.24) is 10.2 Å². The van der Waals surface area contributed by atoms with Gasteiger partial charge < -0.3 is 19.7 Å². The molecular formula is C16H24N2O3. The van der Waals surface area contributed by atoms with Gasteiger partial charge in [-0.2, -0.15) is 0 Å². The van der Waals surface area contributed by atoms with Crippen LogP contribution in [-0.2, 0) is 0 Å². The van der Waals surface area contributed by atoms with Crippen molar-refractivity contribution in [2.45, 2.75) is 25.7 Å². The molecule has 0 aliphatic carbocycles. The number of benzene rings is 1. The second-order valence-corrected chi connectivity index (χ2v) is 5.13. The van der Waals surface area contributed by atoms with E-state index in [2.05, 4.69) is 5.32 Å². The fraction of sp³-hybridized carbons (Fsp3) is 0.562. The summed E-state index contributed by atoms with van der Waals surface area (Å²) >= 11 is 0. The quantitative estimate of drug-likeness (QED) is 0.849. The number of nitrogens with one attached hydrogen (secondary N) is 1. The second kappa shape index (κ2) is 8.39. The largest absolute Gasteiger partial charge is 0.493 e. The first-order chi connectivity index (χ1) is 10.3. The van der Waals surface area contributed by atoms with Gasteiger partial charge in [0.25, 0.3) is 0 Å². The van der Waals surface area contributed by atoms with Gasteiger partial charge in [0.1, 0.15) is 6.61 Å². The molecule has 1 heterocycles. The van der Waals surface area contributed by atoms with Gasteiger partial charge in [-0.05, 0) is 25.0 Å². The van der Waals surface area contributed by atoms with Crippen LogP contribution in [0.1, 0.15) is 25.7 Å². The third kappa shape index (κ3) is 4.85. The van der Waals surface area contributed by atoms with Crippen LogP contribution < -0.4 is 14.8 Å². The van der Waals surface area contributed by atoms with Gasteiger partial charge in [-0.3, -0.25) is 0 Å². The molecule has 1 aromatic carbocycles. The van der Waals surface area contributed by atoms with E-state index >= 15 is 0 Å². The van der Waals surface area contributed by atoms with Crippen LogP contribution in [0.5, 0.6) is 11.5 Å². The van der Waals surface area contributed by atoms with Gasteiger partial charge in [0.05, 0.1) is 13.7 Å². The standard InChI is InChI=1S/C16H24N2O3/c1-20-14-8-4-5-9-15(14)21-13-10-17-16(19)18-11-6-2-3-7-12-18/h4-5,8-9H,2-3,6-7,10-13H2,1H3,(H,17,19). The molecule has 0 atom stereocenters. The molecule has 1 aliphatic heterocycles. The molecule has 1 fully saturated rings. The van der Waals surface area contributed by atoms with Crippen molar-refractivity contribution in [1.29, 1.82) is 0 Å². The Balaban J connectivity index is 1.70. The number of likely N-dealkylation sites (tertiary alicyclic amines) is 1.